The van der Waals surface area contributed by atoms with Gasteiger partial charge in [-0.3, -0.25) is 4.68 Å². The lowest BCUT2D eigenvalue weighted by molar-refractivity contribution is 0.122. The fourth-order valence-electron chi connectivity index (χ4n) is 3.25. The van der Waals surface area contributed by atoms with E-state index in [1.807, 2.05) is 24.2 Å². The van der Waals surface area contributed by atoms with E-state index in [1.165, 1.54) is 0 Å². The van der Waals surface area contributed by atoms with E-state index >= 15 is 0 Å². The zero-order valence-electron chi connectivity index (χ0n) is 18.4. The molecule has 0 radical (unpaired) electrons. The summed E-state index contributed by atoms with van der Waals surface area (Å²) in [5.74, 6) is -3.81. The van der Waals surface area contributed by atoms with Gasteiger partial charge in [0, 0.05) is 38.1 Å². The third-order valence-electron chi connectivity index (χ3n) is 5.15. The van der Waals surface area contributed by atoms with E-state index in [4.69, 9.17) is 4.74 Å². The molecule has 0 unspecified atom stereocenters. The van der Waals surface area contributed by atoms with Crippen LogP contribution in [0.25, 0.3) is 22.4 Å². The lowest BCUT2D eigenvalue weighted by Gasteiger charge is -2.27. The van der Waals surface area contributed by atoms with E-state index in [0.717, 1.165) is 12.1 Å². The van der Waals surface area contributed by atoms with Crippen LogP contribution in [0.15, 0.2) is 30.6 Å². The first-order valence-corrected chi connectivity index (χ1v) is 10.3. The number of nitrogens with zero attached hydrogens (tertiary/aromatic N) is 7. The number of morpholine rings is 1. The van der Waals surface area contributed by atoms with Crippen molar-refractivity contribution in [1.82, 2.24) is 29.7 Å². The molecule has 0 atom stereocenters. The third-order valence-corrected chi connectivity index (χ3v) is 5.15. The maximum atomic E-state index is 14.5. The molecule has 0 amide bonds. The van der Waals surface area contributed by atoms with Crippen molar-refractivity contribution < 1.29 is 17.9 Å². The van der Waals surface area contributed by atoms with Crippen LogP contribution in [0.5, 0.6) is 0 Å². The molecule has 4 heterocycles. The summed E-state index contributed by atoms with van der Waals surface area (Å²) in [4.78, 5) is 19.6. The predicted molar refractivity (Wildman–Crippen MR) is 116 cm³/mol. The summed E-state index contributed by atoms with van der Waals surface area (Å²) >= 11 is 0. The molecule has 11 heteroatoms. The van der Waals surface area contributed by atoms with Gasteiger partial charge in [-0.2, -0.15) is 10.1 Å². The smallest absolute Gasteiger partial charge is 0.228 e. The first-order chi connectivity index (χ1) is 15.8. The summed E-state index contributed by atoms with van der Waals surface area (Å²) in [6.45, 7) is 5.68. The van der Waals surface area contributed by atoms with Crippen molar-refractivity contribution in [2.24, 2.45) is 7.05 Å². The number of aryl methyl sites for hydroxylation is 3. The standard InChI is InChI=1S/C18H16F3N5O.C4H6N2/c1-9-10(2)23-17-16(22-9)15(11-3-4-12(19)14(21)13(11)20)24-18(25-17)26-5-7-27-8-6-26;1-6-4-2-3-5-6/h3-4H,5-8H2,1-2H3;2-4H,1H3. The molecule has 33 heavy (non-hydrogen) atoms. The SMILES string of the molecule is Cc1nc2nc(N3CCOCC3)nc(-c3ccc(F)c(F)c3F)c2nc1C.Cn1cccn1. The summed E-state index contributed by atoms with van der Waals surface area (Å²) in [5.41, 5.74) is 1.69. The van der Waals surface area contributed by atoms with Crippen LogP contribution < -0.4 is 4.90 Å². The number of hydrogen-bond acceptors (Lipinski definition) is 7. The molecule has 0 spiro atoms. The van der Waals surface area contributed by atoms with Crippen LogP contribution >= 0.6 is 0 Å². The van der Waals surface area contributed by atoms with E-state index in [2.05, 4.69) is 25.0 Å². The van der Waals surface area contributed by atoms with Gasteiger partial charge in [-0.05, 0) is 32.0 Å². The van der Waals surface area contributed by atoms with Gasteiger partial charge in [-0.1, -0.05) is 0 Å². The number of anilines is 1. The normalized spacial score (nSPS) is 13.7. The molecule has 3 aromatic heterocycles. The first kappa shape index (κ1) is 22.6. The third kappa shape index (κ3) is 4.77. The highest BCUT2D eigenvalue weighted by Gasteiger charge is 2.23. The molecule has 0 bridgehead atoms. The lowest BCUT2D eigenvalue weighted by atomic mass is 10.1. The topological polar surface area (TPSA) is 81.9 Å². The number of benzene rings is 1. The molecule has 1 saturated heterocycles. The van der Waals surface area contributed by atoms with Crippen molar-refractivity contribution in [3.05, 3.63) is 59.4 Å². The summed E-state index contributed by atoms with van der Waals surface area (Å²) in [6, 6.07) is 3.90. The van der Waals surface area contributed by atoms with Crippen molar-refractivity contribution >= 4 is 17.1 Å². The number of aromatic nitrogens is 6. The Kier molecular flexibility index (Phi) is 6.50. The number of hydrogen-bond donors (Lipinski definition) is 0. The summed E-state index contributed by atoms with van der Waals surface area (Å²) in [6.07, 6.45) is 3.64. The van der Waals surface area contributed by atoms with Gasteiger partial charge in [0.05, 0.1) is 24.6 Å². The zero-order valence-corrected chi connectivity index (χ0v) is 18.4. The van der Waals surface area contributed by atoms with E-state index < -0.39 is 17.5 Å². The van der Waals surface area contributed by atoms with Crippen LogP contribution in [0.2, 0.25) is 0 Å². The molecular weight excluding hydrogens is 435 g/mol. The van der Waals surface area contributed by atoms with Gasteiger partial charge in [0.15, 0.2) is 23.1 Å². The molecule has 0 aliphatic carbocycles. The van der Waals surface area contributed by atoms with E-state index in [0.29, 0.717) is 43.6 Å². The average Bonchev–Trinajstić information content (AvgIpc) is 3.30. The molecule has 0 saturated carbocycles. The minimum absolute atomic E-state index is 0.0773. The molecule has 1 aromatic carbocycles. The molecule has 5 rings (SSSR count). The van der Waals surface area contributed by atoms with Crippen LogP contribution in [0.1, 0.15) is 11.4 Å². The second-order valence-corrected chi connectivity index (χ2v) is 7.44. The highest BCUT2D eigenvalue weighted by atomic mass is 19.2. The van der Waals surface area contributed by atoms with Gasteiger partial charge in [0.1, 0.15) is 11.2 Å². The largest absolute Gasteiger partial charge is 0.378 e. The van der Waals surface area contributed by atoms with Gasteiger partial charge in [-0.25, -0.2) is 28.1 Å². The average molecular weight is 457 g/mol. The highest BCUT2D eigenvalue weighted by molar-refractivity contribution is 5.88. The van der Waals surface area contributed by atoms with E-state index in [-0.39, 0.29) is 22.4 Å². The van der Waals surface area contributed by atoms with Crippen LogP contribution in [-0.4, -0.2) is 56.0 Å². The summed E-state index contributed by atoms with van der Waals surface area (Å²) in [7, 11) is 1.89. The summed E-state index contributed by atoms with van der Waals surface area (Å²) in [5, 5.41) is 3.83. The van der Waals surface area contributed by atoms with Gasteiger partial charge in [0.2, 0.25) is 5.95 Å². The van der Waals surface area contributed by atoms with Gasteiger partial charge in [-0.15, -0.1) is 0 Å². The fraction of sp³-hybridized carbons (Fsp3) is 0.318. The van der Waals surface area contributed by atoms with Crippen LogP contribution in [0.3, 0.4) is 0 Å². The molecule has 1 fully saturated rings. The van der Waals surface area contributed by atoms with Crippen molar-refractivity contribution in [1.29, 1.82) is 0 Å². The second kappa shape index (κ2) is 9.49. The number of fused-ring (bicyclic) bond motifs is 1. The van der Waals surface area contributed by atoms with Crippen molar-refractivity contribution in [2.75, 3.05) is 31.2 Å². The Labute approximate surface area is 188 Å². The molecule has 172 valence electrons. The Balaban J connectivity index is 0.000000376. The molecular formula is C22H22F3N7O. The highest BCUT2D eigenvalue weighted by Crippen LogP contribution is 2.31. The Morgan fingerprint density at radius 1 is 0.909 bits per heavy atom. The van der Waals surface area contributed by atoms with E-state index in [9.17, 15) is 13.2 Å². The Morgan fingerprint density at radius 3 is 2.27 bits per heavy atom. The minimum atomic E-state index is -1.55. The molecule has 8 nitrogen and oxygen atoms in total. The lowest BCUT2D eigenvalue weighted by Crippen LogP contribution is -2.37. The molecule has 1 aliphatic heterocycles. The van der Waals surface area contributed by atoms with Crippen LogP contribution in [0.4, 0.5) is 19.1 Å². The Hall–Kier alpha value is -3.60. The second-order valence-electron chi connectivity index (χ2n) is 7.44. The molecule has 1 aliphatic rings. The number of halogens is 3. The van der Waals surface area contributed by atoms with Crippen LogP contribution in [-0.2, 0) is 11.8 Å². The Bertz CT molecular complexity index is 1280. The van der Waals surface area contributed by atoms with Gasteiger partial charge < -0.3 is 9.64 Å². The number of ether oxygens (including phenoxy) is 1. The van der Waals surface area contributed by atoms with Crippen LogP contribution in [0, 0.1) is 31.3 Å². The van der Waals surface area contributed by atoms with Gasteiger partial charge >= 0.3 is 0 Å². The molecule has 4 aromatic rings. The fourth-order valence-corrected chi connectivity index (χ4v) is 3.25. The molecule has 0 N–H and O–H groups in total. The Morgan fingerprint density at radius 2 is 1.64 bits per heavy atom. The quantitative estimate of drug-likeness (QED) is 0.427. The maximum absolute atomic E-state index is 14.5. The predicted octanol–water partition coefficient (Wildman–Crippen LogP) is 3.38. The van der Waals surface area contributed by atoms with Crippen molar-refractivity contribution in [3.8, 4) is 11.3 Å². The van der Waals surface area contributed by atoms with Crippen molar-refractivity contribution in [2.45, 2.75) is 13.8 Å². The first-order valence-electron chi connectivity index (χ1n) is 10.3. The maximum Gasteiger partial charge on any atom is 0.228 e. The minimum Gasteiger partial charge on any atom is -0.378 e. The zero-order chi connectivity index (χ0) is 23.5. The van der Waals surface area contributed by atoms with Crippen molar-refractivity contribution in [3.63, 3.8) is 0 Å². The summed E-state index contributed by atoms with van der Waals surface area (Å²) < 4.78 is 48.8. The number of rotatable bonds is 2. The monoisotopic (exact) mass is 457 g/mol. The van der Waals surface area contributed by atoms with E-state index in [1.54, 1.807) is 24.7 Å². The van der Waals surface area contributed by atoms with Gasteiger partial charge in [0.25, 0.3) is 0 Å².